The Labute approximate surface area is 186 Å². The van der Waals surface area contributed by atoms with Gasteiger partial charge in [-0.2, -0.15) is 0 Å². The zero-order valence-corrected chi connectivity index (χ0v) is 18.3. The van der Waals surface area contributed by atoms with Gasteiger partial charge in [0.15, 0.2) is 44.9 Å². The van der Waals surface area contributed by atoms with E-state index in [0.29, 0.717) is 35.7 Å². The van der Waals surface area contributed by atoms with E-state index in [9.17, 15) is 26.3 Å². The van der Waals surface area contributed by atoms with E-state index >= 15 is 0 Å². The number of hydrogen-bond donors (Lipinski definition) is 0. The van der Waals surface area contributed by atoms with Gasteiger partial charge in [0.05, 0.1) is 11.1 Å². The number of hydrogen-bond acceptors (Lipinski definition) is 6. The Morgan fingerprint density at radius 3 is 1.25 bits per heavy atom. The van der Waals surface area contributed by atoms with Crippen molar-refractivity contribution >= 4 is 33.4 Å². The van der Waals surface area contributed by atoms with Gasteiger partial charge in [-0.05, 0) is 12.8 Å². The Kier molecular flexibility index (Phi) is 6.17. The Bertz CT molecular complexity index is 1230. The smallest absolute Gasteiger partial charge is 0.195 e. The maximum Gasteiger partial charge on any atom is 0.195 e. The SMILES string of the molecule is CCCc1nnc(-c2c(F)c(F)c(F)c3c(-c4nnc(CCC)s4)c(F)c(F)c(F)c23)s1. The van der Waals surface area contributed by atoms with Crippen LogP contribution in [0, 0.1) is 34.9 Å². The number of fused-ring (bicyclic) bond motifs is 1. The van der Waals surface area contributed by atoms with Crippen LogP contribution in [0.1, 0.15) is 36.7 Å². The average Bonchev–Trinajstić information content (AvgIpc) is 3.42. The van der Waals surface area contributed by atoms with Gasteiger partial charge in [-0.25, -0.2) is 26.3 Å². The Balaban J connectivity index is 2.13. The summed E-state index contributed by atoms with van der Waals surface area (Å²) in [6, 6.07) is 0. The van der Waals surface area contributed by atoms with Crippen molar-refractivity contribution in [2.24, 2.45) is 0 Å². The van der Waals surface area contributed by atoms with Crippen molar-refractivity contribution in [1.29, 1.82) is 0 Å². The number of rotatable bonds is 6. The zero-order valence-electron chi connectivity index (χ0n) is 16.7. The molecule has 0 aliphatic rings. The van der Waals surface area contributed by atoms with Crippen LogP contribution in [-0.4, -0.2) is 20.4 Å². The molecule has 0 fully saturated rings. The highest BCUT2D eigenvalue weighted by atomic mass is 32.1. The van der Waals surface area contributed by atoms with Crippen LogP contribution in [-0.2, 0) is 12.8 Å². The number of nitrogens with zero attached hydrogens (tertiary/aromatic N) is 4. The maximum atomic E-state index is 14.9. The van der Waals surface area contributed by atoms with Gasteiger partial charge >= 0.3 is 0 Å². The molecule has 4 nitrogen and oxygen atoms in total. The standard InChI is InChI=1S/C20H14F6N4S2/c1-3-5-7-27-29-19(31-7)11-9-10(14(22)17(25)15(11)23)12(16(24)18(26)13(9)21)20-30-28-8(32-20)6-4-2/h3-6H2,1-2H3. The molecular formula is C20H14F6N4S2. The summed E-state index contributed by atoms with van der Waals surface area (Å²) in [6.07, 6.45) is 2.27. The second kappa shape index (κ2) is 8.74. The normalized spacial score (nSPS) is 11.6. The Morgan fingerprint density at radius 1 is 0.531 bits per heavy atom. The molecule has 2 aromatic heterocycles. The molecule has 0 bridgehead atoms. The number of aromatic nitrogens is 4. The summed E-state index contributed by atoms with van der Waals surface area (Å²) in [6.45, 7) is 3.71. The highest BCUT2D eigenvalue weighted by Crippen LogP contribution is 2.44. The molecule has 0 radical (unpaired) electrons. The molecule has 2 aromatic carbocycles. The summed E-state index contributed by atoms with van der Waals surface area (Å²) in [7, 11) is 0. The summed E-state index contributed by atoms with van der Waals surface area (Å²) in [4.78, 5) is 0. The lowest BCUT2D eigenvalue weighted by Gasteiger charge is -2.14. The van der Waals surface area contributed by atoms with Crippen LogP contribution in [0.2, 0.25) is 0 Å². The van der Waals surface area contributed by atoms with Crippen LogP contribution in [0.15, 0.2) is 0 Å². The third kappa shape index (κ3) is 3.54. The van der Waals surface area contributed by atoms with Crippen molar-refractivity contribution in [2.45, 2.75) is 39.5 Å². The minimum absolute atomic E-state index is 0.283. The van der Waals surface area contributed by atoms with E-state index in [1.807, 2.05) is 13.8 Å². The first-order chi connectivity index (χ1) is 15.3. The molecule has 0 spiro atoms. The largest absolute Gasteiger partial charge is 0.203 e. The number of halogens is 6. The summed E-state index contributed by atoms with van der Waals surface area (Å²) in [5, 5.41) is 13.5. The lowest BCUT2D eigenvalue weighted by Crippen LogP contribution is -2.05. The van der Waals surface area contributed by atoms with Crippen molar-refractivity contribution in [3.63, 3.8) is 0 Å². The fraction of sp³-hybridized carbons (Fsp3) is 0.300. The molecule has 0 amide bonds. The van der Waals surface area contributed by atoms with E-state index < -0.39 is 56.8 Å². The highest BCUT2D eigenvalue weighted by Gasteiger charge is 2.33. The van der Waals surface area contributed by atoms with Gasteiger partial charge in [0, 0.05) is 23.6 Å². The predicted octanol–water partition coefficient (Wildman–Crippen LogP) is 6.62. The summed E-state index contributed by atoms with van der Waals surface area (Å²) < 4.78 is 88.7. The van der Waals surface area contributed by atoms with Gasteiger partial charge in [-0.1, -0.05) is 36.5 Å². The van der Waals surface area contributed by atoms with Crippen molar-refractivity contribution in [1.82, 2.24) is 20.4 Å². The van der Waals surface area contributed by atoms with Crippen LogP contribution in [0.4, 0.5) is 26.3 Å². The quantitative estimate of drug-likeness (QED) is 0.226. The summed E-state index contributed by atoms with van der Waals surface area (Å²) in [5.41, 5.74) is -1.65. The summed E-state index contributed by atoms with van der Waals surface area (Å²) >= 11 is 1.65. The molecule has 2 heterocycles. The van der Waals surface area contributed by atoms with Crippen LogP contribution >= 0.6 is 22.7 Å². The minimum atomic E-state index is -1.97. The predicted molar refractivity (Wildman–Crippen MR) is 109 cm³/mol. The maximum absolute atomic E-state index is 14.9. The first-order valence-electron chi connectivity index (χ1n) is 9.62. The lowest BCUT2D eigenvalue weighted by molar-refractivity contribution is 0.444. The van der Waals surface area contributed by atoms with Crippen molar-refractivity contribution in [3.8, 4) is 21.1 Å². The third-order valence-corrected chi connectivity index (χ3v) is 6.69. The molecule has 0 atom stereocenters. The highest BCUT2D eigenvalue weighted by molar-refractivity contribution is 7.15. The molecule has 0 aliphatic heterocycles. The first kappa shape index (κ1) is 22.6. The molecule has 12 heteroatoms. The molecule has 0 saturated heterocycles. The van der Waals surface area contributed by atoms with Crippen LogP contribution in [0.25, 0.3) is 31.9 Å². The van der Waals surface area contributed by atoms with Crippen LogP contribution in [0.5, 0.6) is 0 Å². The van der Waals surface area contributed by atoms with Crippen LogP contribution in [0.3, 0.4) is 0 Å². The van der Waals surface area contributed by atoms with Gasteiger partial charge in [0.1, 0.15) is 10.0 Å². The fourth-order valence-corrected chi connectivity index (χ4v) is 5.25. The van der Waals surface area contributed by atoms with Crippen molar-refractivity contribution in [2.75, 3.05) is 0 Å². The summed E-state index contributed by atoms with van der Waals surface area (Å²) in [5.74, 6) is -11.2. The molecular weight excluding hydrogens is 474 g/mol. The zero-order chi connectivity index (χ0) is 23.2. The van der Waals surface area contributed by atoms with E-state index in [2.05, 4.69) is 20.4 Å². The Hall–Kier alpha value is -2.60. The van der Waals surface area contributed by atoms with Gasteiger partial charge in [-0.3, -0.25) is 0 Å². The van der Waals surface area contributed by atoms with Gasteiger partial charge < -0.3 is 0 Å². The lowest BCUT2D eigenvalue weighted by atomic mass is 9.97. The second-order valence-electron chi connectivity index (χ2n) is 6.89. The molecule has 4 rings (SSSR count). The molecule has 168 valence electrons. The van der Waals surface area contributed by atoms with Gasteiger partial charge in [-0.15, -0.1) is 20.4 Å². The van der Waals surface area contributed by atoms with E-state index in [-0.39, 0.29) is 10.0 Å². The van der Waals surface area contributed by atoms with Crippen molar-refractivity contribution < 1.29 is 26.3 Å². The molecule has 4 aromatic rings. The van der Waals surface area contributed by atoms with E-state index in [4.69, 9.17) is 0 Å². The topological polar surface area (TPSA) is 51.6 Å². The molecule has 0 aliphatic carbocycles. The monoisotopic (exact) mass is 488 g/mol. The molecule has 0 N–H and O–H groups in total. The Morgan fingerprint density at radius 2 is 0.906 bits per heavy atom. The van der Waals surface area contributed by atoms with Gasteiger partial charge in [0.25, 0.3) is 0 Å². The first-order valence-corrected chi connectivity index (χ1v) is 11.2. The molecule has 0 saturated carbocycles. The second-order valence-corrected chi connectivity index (χ2v) is 9.01. The number of benzene rings is 2. The van der Waals surface area contributed by atoms with Gasteiger partial charge in [0.2, 0.25) is 0 Å². The third-order valence-electron chi connectivity index (χ3n) is 4.69. The number of aryl methyl sites for hydroxylation is 2. The molecule has 0 unspecified atom stereocenters. The van der Waals surface area contributed by atoms with E-state index in [1.165, 1.54) is 0 Å². The van der Waals surface area contributed by atoms with Crippen molar-refractivity contribution in [3.05, 3.63) is 44.9 Å². The van der Waals surface area contributed by atoms with E-state index in [1.54, 1.807) is 0 Å². The molecule has 32 heavy (non-hydrogen) atoms. The van der Waals surface area contributed by atoms with Crippen LogP contribution < -0.4 is 0 Å². The van der Waals surface area contributed by atoms with E-state index in [0.717, 1.165) is 22.7 Å². The fourth-order valence-electron chi connectivity index (χ4n) is 3.28. The minimum Gasteiger partial charge on any atom is -0.203 e. The average molecular weight is 488 g/mol.